The first kappa shape index (κ1) is 19.8. The molecule has 6 nitrogen and oxygen atoms in total. The minimum atomic E-state index is -0.399. The highest BCUT2D eigenvalue weighted by Crippen LogP contribution is 2.30. The number of carbonyl (C=O) groups excluding carboxylic acids is 1. The Hall–Kier alpha value is -2.97. The predicted molar refractivity (Wildman–Crippen MR) is 106 cm³/mol. The van der Waals surface area contributed by atoms with Gasteiger partial charge in [-0.2, -0.15) is 0 Å². The number of nitrogens with one attached hydrogen (secondary N) is 1. The molecule has 0 spiro atoms. The van der Waals surface area contributed by atoms with E-state index in [2.05, 4.69) is 15.5 Å². The van der Waals surface area contributed by atoms with E-state index in [1.807, 2.05) is 0 Å². The summed E-state index contributed by atoms with van der Waals surface area (Å²) >= 11 is 7.32. The van der Waals surface area contributed by atoms with E-state index in [4.69, 9.17) is 16.3 Å². The zero-order chi connectivity index (χ0) is 20.1. The minimum absolute atomic E-state index is 0.0202. The molecule has 0 bridgehead atoms. The van der Waals surface area contributed by atoms with Gasteiger partial charge >= 0.3 is 0 Å². The number of halogens is 2. The molecule has 144 valence electrons. The number of methoxy groups -OCH3 is 1. The Morgan fingerprint density at radius 1 is 1.25 bits per heavy atom. The number of phenols is 1. The van der Waals surface area contributed by atoms with E-state index in [1.165, 1.54) is 25.3 Å². The highest BCUT2D eigenvalue weighted by Gasteiger charge is 2.14. The molecule has 0 atom stereocenters. The average Bonchev–Trinajstić information content (AvgIpc) is 3.19. The van der Waals surface area contributed by atoms with Gasteiger partial charge in [-0.15, -0.1) is 10.2 Å². The van der Waals surface area contributed by atoms with Gasteiger partial charge in [-0.3, -0.25) is 4.79 Å². The van der Waals surface area contributed by atoms with E-state index in [9.17, 15) is 14.3 Å². The number of ether oxygens (including phenoxy) is 1. The summed E-state index contributed by atoms with van der Waals surface area (Å²) in [6.45, 7) is 0.241. The first-order chi connectivity index (χ1) is 13.5. The zero-order valence-corrected chi connectivity index (χ0v) is 16.2. The molecule has 0 fully saturated rings. The van der Waals surface area contributed by atoms with Crippen molar-refractivity contribution in [2.75, 3.05) is 7.11 Å². The number of nitrogens with zero attached hydrogens (tertiary/aromatic N) is 2. The molecule has 0 saturated carbocycles. The van der Waals surface area contributed by atoms with Crippen LogP contribution in [0.2, 0.25) is 0 Å². The van der Waals surface area contributed by atoms with Crippen molar-refractivity contribution < 1.29 is 19.0 Å². The Morgan fingerprint density at radius 2 is 1.96 bits per heavy atom. The number of aromatic nitrogens is 2. The van der Waals surface area contributed by atoms with Gasteiger partial charge in [0.2, 0.25) is 5.01 Å². The van der Waals surface area contributed by atoms with Crippen LogP contribution in [0.5, 0.6) is 11.5 Å². The number of hydrogen-bond acceptors (Lipinski definition) is 6. The topological polar surface area (TPSA) is 84.3 Å². The molecule has 0 aliphatic heterocycles. The van der Waals surface area contributed by atoms with Crippen LogP contribution in [-0.4, -0.2) is 28.3 Å². The number of rotatable bonds is 6. The molecule has 2 N–H and O–H groups in total. The van der Waals surface area contributed by atoms with Crippen molar-refractivity contribution in [2.24, 2.45) is 0 Å². The molecule has 0 aliphatic carbocycles. The lowest BCUT2D eigenvalue weighted by Crippen LogP contribution is -2.22. The summed E-state index contributed by atoms with van der Waals surface area (Å²) in [7, 11) is 1.45. The van der Waals surface area contributed by atoms with Crippen molar-refractivity contribution in [1.29, 1.82) is 0 Å². The molecular weight excluding hydrogens is 405 g/mol. The summed E-state index contributed by atoms with van der Waals surface area (Å²) in [5.74, 6) is -0.400. The number of hydrogen-bond donors (Lipinski definition) is 2. The second-order valence-electron chi connectivity index (χ2n) is 5.65. The maximum absolute atomic E-state index is 12.9. The summed E-state index contributed by atoms with van der Waals surface area (Å²) < 4.78 is 18.0. The maximum Gasteiger partial charge on any atom is 0.282 e. The van der Waals surface area contributed by atoms with E-state index in [0.29, 0.717) is 21.4 Å². The molecule has 1 aromatic heterocycles. The zero-order valence-electron chi connectivity index (χ0n) is 14.6. The van der Waals surface area contributed by atoms with Crippen molar-refractivity contribution >= 4 is 40.0 Å². The van der Waals surface area contributed by atoms with E-state index < -0.39 is 5.91 Å². The smallest absolute Gasteiger partial charge is 0.282 e. The fourth-order valence-corrected chi connectivity index (χ4v) is 3.21. The predicted octanol–water partition coefficient (Wildman–Crippen LogP) is 4.06. The summed E-state index contributed by atoms with van der Waals surface area (Å²) in [5.41, 5.74) is 1.45. The summed E-state index contributed by atoms with van der Waals surface area (Å²) in [6.07, 6.45) is 1.63. The average molecular weight is 420 g/mol. The number of aromatic hydroxyl groups is 1. The molecule has 2 aromatic carbocycles. The van der Waals surface area contributed by atoms with Crippen LogP contribution in [0.25, 0.3) is 11.1 Å². The SMILES string of the molecule is COc1cc(C=C(Cl)c2nnc(C(=O)NCc3ccc(F)cc3)s2)ccc1O. The molecule has 9 heteroatoms. The summed E-state index contributed by atoms with van der Waals surface area (Å²) in [5, 5.41) is 21.0. The summed E-state index contributed by atoms with van der Waals surface area (Å²) in [4.78, 5) is 12.2. The molecule has 0 saturated heterocycles. The monoisotopic (exact) mass is 419 g/mol. The molecule has 1 heterocycles. The highest BCUT2D eigenvalue weighted by molar-refractivity contribution is 7.15. The molecule has 0 aliphatic rings. The van der Waals surface area contributed by atoms with Crippen molar-refractivity contribution in [3.63, 3.8) is 0 Å². The normalized spacial score (nSPS) is 11.3. The van der Waals surface area contributed by atoms with Crippen molar-refractivity contribution in [3.8, 4) is 11.5 Å². The van der Waals surface area contributed by atoms with Crippen LogP contribution < -0.4 is 10.1 Å². The molecule has 28 heavy (non-hydrogen) atoms. The van der Waals surface area contributed by atoms with Crippen molar-refractivity contribution in [2.45, 2.75) is 6.54 Å². The lowest BCUT2D eigenvalue weighted by atomic mass is 10.2. The van der Waals surface area contributed by atoms with Gasteiger partial charge in [0.15, 0.2) is 16.5 Å². The van der Waals surface area contributed by atoms with Gasteiger partial charge in [0, 0.05) is 6.54 Å². The van der Waals surface area contributed by atoms with Crippen molar-refractivity contribution in [1.82, 2.24) is 15.5 Å². The Balaban J connectivity index is 1.68. The maximum atomic E-state index is 12.9. The van der Waals surface area contributed by atoms with Gasteiger partial charge in [-0.05, 0) is 41.5 Å². The van der Waals surface area contributed by atoms with Gasteiger partial charge in [0.1, 0.15) is 5.82 Å². The standard InChI is InChI=1S/C19H15ClFN3O3S/c1-27-16-9-12(4-7-15(16)25)8-14(20)18-23-24-19(28-18)17(26)22-10-11-2-5-13(21)6-3-11/h2-9,25H,10H2,1H3,(H,22,26). The first-order valence-corrected chi connectivity index (χ1v) is 9.26. The van der Waals surface area contributed by atoms with Crippen LogP contribution >= 0.6 is 22.9 Å². The second-order valence-corrected chi connectivity index (χ2v) is 7.03. The number of amides is 1. The fraction of sp³-hybridized carbons (Fsp3) is 0.105. The summed E-state index contributed by atoms with van der Waals surface area (Å²) in [6, 6.07) is 10.6. The van der Waals surface area contributed by atoms with Crippen LogP contribution in [0.15, 0.2) is 42.5 Å². The molecule has 1 amide bonds. The molecule has 0 radical (unpaired) electrons. The van der Waals surface area contributed by atoms with Crippen LogP contribution in [0.4, 0.5) is 4.39 Å². The number of benzene rings is 2. The van der Waals surface area contributed by atoms with E-state index in [1.54, 1.807) is 30.3 Å². The second kappa shape index (κ2) is 8.81. The lowest BCUT2D eigenvalue weighted by molar-refractivity contribution is 0.0950. The fourth-order valence-electron chi connectivity index (χ4n) is 2.26. The van der Waals surface area contributed by atoms with Crippen LogP contribution in [-0.2, 0) is 6.54 Å². The van der Waals surface area contributed by atoms with Crippen LogP contribution in [0.1, 0.15) is 25.9 Å². The van der Waals surface area contributed by atoms with Crippen LogP contribution in [0.3, 0.4) is 0 Å². The van der Waals surface area contributed by atoms with Gasteiger partial charge in [0.05, 0.1) is 12.1 Å². The third-order valence-corrected chi connectivity index (χ3v) is 5.04. The number of carbonyl (C=O) groups is 1. The van der Waals surface area contributed by atoms with Gasteiger partial charge in [-0.25, -0.2) is 4.39 Å². The van der Waals surface area contributed by atoms with Gasteiger partial charge in [-0.1, -0.05) is 41.1 Å². The lowest BCUT2D eigenvalue weighted by Gasteiger charge is -2.04. The molecule has 3 rings (SSSR count). The highest BCUT2D eigenvalue weighted by atomic mass is 35.5. The third kappa shape index (κ3) is 4.85. The minimum Gasteiger partial charge on any atom is -0.504 e. The Morgan fingerprint density at radius 3 is 2.68 bits per heavy atom. The van der Waals surface area contributed by atoms with Gasteiger partial charge < -0.3 is 15.2 Å². The van der Waals surface area contributed by atoms with E-state index in [0.717, 1.165) is 16.9 Å². The third-order valence-electron chi connectivity index (χ3n) is 3.69. The Kier molecular flexibility index (Phi) is 6.23. The molecule has 0 unspecified atom stereocenters. The Labute approximate surface area is 169 Å². The quantitative estimate of drug-likeness (QED) is 0.629. The van der Waals surface area contributed by atoms with Gasteiger partial charge in [0.25, 0.3) is 5.91 Å². The molecular formula is C19H15ClFN3O3S. The number of phenolic OH excluding ortho intramolecular Hbond substituents is 1. The van der Waals surface area contributed by atoms with Crippen molar-refractivity contribution in [3.05, 3.63) is 69.4 Å². The van der Waals surface area contributed by atoms with E-state index >= 15 is 0 Å². The first-order valence-electron chi connectivity index (χ1n) is 8.07. The molecule has 3 aromatic rings. The largest absolute Gasteiger partial charge is 0.504 e. The Bertz CT molecular complexity index is 1020. The van der Waals surface area contributed by atoms with Crippen LogP contribution in [0, 0.1) is 5.82 Å². The van der Waals surface area contributed by atoms with E-state index in [-0.39, 0.29) is 23.1 Å².